The predicted octanol–water partition coefficient (Wildman–Crippen LogP) is 3.20. The Morgan fingerprint density at radius 1 is 1.06 bits per heavy atom. The fourth-order valence-corrected chi connectivity index (χ4v) is 4.11. The number of hydrogen-bond acceptors (Lipinski definition) is 5. The number of oxazole rings is 1. The minimum atomic E-state index is -0.578. The monoisotopic (exact) mass is 461 g/mol. The van der Waals surface area contributed by atoms with Crippen LogP contribution in [0.1, 0.15) is 37.4 Å². The first-order chi connectivity index (χ1) is 16.4. The van der Waals surface area contributed by atoms with Crippen LogP contribution in [0.4, 0.5) is 10.1 Å². The van der Waals surface area contributed by atoms with E-state index in [0.717, 1.165) is 11.1 Å². The summed E-state index contributed by atoms with van der Waals surface area (Å²) < 4.78 is 18.6. The highest BCUT2D eigenvalue weighted by molar-refractivity contribution is 6.04. The summed E-state index contributed by atoms with van der Waals surface area (Å²) in [6.07, 6.45) is 0.641. The van der Waals surface area contributed by atoms with Gasteiger partial charge in [-0.3, -0.25) is 14.6 Å². The Balaban J connectivity index is 1.34. The Morgan fingerprint density at radius 2 is 1.88 bits per heavy atom. The van der Waals surface area contributed by atoms with E-state index in [4.69, 9.17) is 4.42 Å². The molecule has 0 aliphatic carbocycles. The molecule has 2 amide bonds. The number of nitrogens with one attached hydrogen (secondary N) is 2. The van der Waals surface area contributed by atoms with Crippen molar-refractivity contribution in [3.05, 3.63) is 98.8 Å². The van der Waals surface area contributed by atoms with Crippen LogP contribution in [-0.2, 0) is 19.6 Å². The van der Waals surface area contributed by atoms with Crippen LogP contribution in [0, 0.1) is 5.82 Å². The molecule has 9 heteroatoms. The van der Waals surface area contributed by atoms with Crippen molar-refractivity contribution in [2.45, 2.75) is 19.6 Å². The summed E-state index contributed by atoms with van der Waals surface area (Å²) in [6, 6.07) is 14.1. The van der Waals surface area contributed by atoms with Crippen LogP contribution in [0.3, 0.4) is 0 Å². The third-order valence-corrected chi connectivity index (χ3v) is 5.91. The molecule has 172 valence electrons. The van der Waals surface area contributed by atoms with Crippen molar-refractivity contribution in [2.24, 2.45) is 0 Å². The van der Waals surface area contributed by atoms with Gasteiger partial charge in [-0.05, 0) is 66.1 Å². The minimum Gasteiger partial charge on any atom is -0.408 e. The van der Waals surface area contributed by atoms with Gasteiger partial charge in [-0.1, -0.05) is 6.07 Å². The highest BCUT2D eigenvalue weighted by Crippen LogP contribution is 2.24. The molecular formula is C25H20FN3O5. The van der Waals surface area contributed by atoms with Gasteiger partial charge in [-0.25, -0.2) is 9.18 Å². The number of amides is 2. The first-order valence-corrected chi connectivity index (χ1v) is 10.7. The maximum atomic E-state index is 13.6. The number of aliphatic hydroxyl groups excluding tert-OH is 1. The molecule has 8 nitrogen and oxygen atoms in total. The topological polar surface area (TPSA) is 116 Å². The van der Waals surface area contributed by atoms with E-state index in [9.17, 15) is 23.9 Å². The quantitative estimate of drug-likeness (QED) is 0.432. The zero-order chi connectivity index (χ0) is 23.8. The molecule has 0 bridgehead atoms. The van der Waals surface area contributed by atoms with Gasteiger partial charge in [0.25, 0.3) is 11.8 Å². The lowest BCUT2D eigenvalue weighted by atomic mass is 9.96. The van der Waals surface area contributed by atoms with Gasteiger partial charge in [-0.2, -0.15) is 0 Å². The number of anilines is 1. The van der Waals surface area contributed by atoms with Crippen LogP contribution in [0.2, 0.25) is 0 Å². The second-order valence-corrected chi connectivity index (χ2v) is 8.10. The molecule has 1 aromatic heterocycles. The number of fused-ring (bicyclic) bond motifs is 2. The van der Waals surface area contributed by atoms with Gasteiger partial charge >= 0.3 is 5.76 Å². The summed E-state index contributed by atoms with van der Waals surface area (Å²) >= 11 is 0. The molecule has 3 aromatic carbocycles. The summed E-state index contributed by atoms with van der Waals surface area (Å²) in [6.45, 7) is 0.378. The van der Waals surface area contributed by atoms with Gasteiger partial charge in [0, 0.05) is 35.5 Å². The minimum absolute atomic E-state index is 0.0921. The van der Waals surface area contributed by atoms with Crippen molar-refractivity contribution in [1.82, 2.24) is 9.88 Å². The van der Waals surface area contributed by atoms with Gasteiger partial charge < -0.3 is 19.7 Å². The summed E-state index contributed by atoms with van der Waals surface area (Å²) in [5, 5.41) is 11.9. The van der Waals surface area contributed by atoms with Crippen LogP contribution in [-0.4, -0.2) is 33.3 Å². The summed E-state index contributed by atoms with van der Waals surface area (Å²) in [7, 11) is 0. The molecule has 5 rings (SSSR count). The third-order valence-electron chi connectivity index (χ3n) is 5.91. The van der Waals surface area contributed by atoms with Crippen molar-refractivity contribution in [3.63, 3.8) is 0 Å². The highest BCUT2D eigenvalue weighted by Gasteiger charge is 2.23. The number of hydrogen-bond donors (Lipinski definition) is 3. The number of H-pyrrole nitrogens is 1. The summed E-state index contributed by atoms with van der Waals surface area (Å²) in [5.41, 5.74) is 4.02. The summed E-state index contributed by atoms with van der Waals surface area (Å²) in [4.78, 5) is 41.4. The molecule has 1 aliphatic heterocycles. The Kier molecular flexibility index (Phi) is 5.46. The normalized spacial score (nSPS) is 13.1. The summed E-state index contributed by atoms with van der Waals surface area (Å²) in [5.74, 6) is -1.70. The van der Waals surface area contributed by atoms with E-state index in [1.807, 2.05) is 6.07 Å². The number of benzene rings is 3. The fourth-order valence-electron chi connectivity index (χ4n) is 4.11. The maximum absolute atomic E-state index is 13.6. The van der Waals surface area contributed by atoms with Crippen molar-refractivity contribution in [2.75, 3.05) is 11.9 Å². The molecule has 2 heterocycles. The molecule has 4 aromatic rings. The van der Waals surface area contributed by atoms with E-state index < -0.39 is 18.2 Å². The Bertz CT molecular complexity index is 1490. The molecule has 0 unspecified atom stereocenters. The van der Waals surface area contributed by atoms with Gasteiger partial charge in [0.2, 0.25) is 0 Å². The van der Waals surface area contributed by atoms with Crippen molar-refractivity contribution < 1.29 is 23.5 Å². The number of carbonyl (C=O) groups excluding carboxylic acids is 2. The van der Waals surface area contributed by atoms with Gasteiger partial charge in [0.05, 0.1) is 12.1 Å². The number of aliphatic hydroxyl groups is 1. The standard InChI is InChI=1S/C25H20FN3O5/c26-20-5-4-19(10-18(20)13-30)27-23(31)15-2-1-14-7-8-29(12-17(14)9-15)24(32)16-3-6-21-22(11-16)34-25(33)28-21/h1-6,9-11,30H,7-8,12-13H2,(H,27,31)(H,28,33). The largest absolute Gasteiger partial charge is 0.417 e. The molecule has 0 saturated carbocycles. The van der Waals surface area contributed by atoms with E-state index in [0.29, 0.717) is 47.4 Å². The van der Waals surface area contributed by atoms with Gasteiger partial charge in [-0.15, -0.1) is 0 Å². The van der Waals surface area contributed by atoms with E-state index in [-0.39, 0.29) is 17.4 Å². The molecule has 1 aliphatic rings. The molecule has 0 atom stereocenters. The fraction of sp³-hybridized carbons (Fsp3) is 0.160. The molecule has 0 fully saturated rings. The van der Waals surface area contributed by atoms with Crippen LogP contribution in [0.5, 0.6) is 0 Å². The van der Waals surface area contributed by atoms with Crippen LogP contribution < -0.4 is 11.1 Å². The van der Waals surface area contributed by atoms with E-state index >= 15 is 0 Å². The van der Waals surface area contributed by atoms with E-state index in [1.165, 1.54) is 24.3 Å². The number of nitrogens with zero attached hydrogens (tertiary/aromatic N) is 1. The number of aromatic amines is 1. The van der Waals surface area contributed by atoms with Crippen molar-refractivity contribution in [3.8, 4) is 0 Å². The van der Waals surface area contributed by atoms with Gasteiger partial charge in [0.15, 0.2) is 5.58 Å². The Labute approximate surface area is 192 Å². The lowest BCUT2D eigenvalue weighted by Gasteiger charge is -2.29. The smallest absolute Gasteiger partial charge is 0.408 e. The van der Waals surface area contributed by atoms with E-state index in [2.05, 4.69) is 10.3 Å². The highest BCUT2D eigenvalue weighted by atomic mass is 19.1. The van der Waals surface area contributed by atoms with Crippen LogP contribution in [0.25, 0.3) is 11.1 Å². The zero-order valence-corrected chi connectivity index (χ0v) is 17.9. The lowest BCUT2D eigenvalue weighted by Crippen LogP contribution is -2.36. The molecule has 0 saturated heterocycles. The Hall–Kier alpha value is -4.24. The molecule has 3 N–H and O–H groups in total. The van der Waals surface area contributed by atoms with E-state index in [1.54, 1.807) is 29.2 Å². The average Bonchev–Trinajstić information content (AvgIpc) is 3.23. The second kappa shape index (κ2) is 8.60. The molecule has 34 heavy (non-hydrogen) atoms. The van der Waals surface area contributed by atoms with Crippen LogP contribution in [0.15, 0.2) is 63.8 Å². The maximum Gasteiger partial charge on any atom is 0.417 e. The first-order valence-electron chi connectivity index (χ1n) is 10.7. The second-order valence-electron chi connectivity index (χ2n) is 8.10. The molecule has 0 radical (unpaired) electrons. The third kappa shape index (κ3) is 4.08. The average molecular weight is 461 g/mol. The lowest BCUT2D eigenvalue weighted by molar-refractivity contribution is 0.0734. The zero-order valence-electron chi connectivity index (χ0n) is 17.9. The first kappa shape index (κ1) is 21.6. The van der Waals surface area contributed by atoms with Crippen LogP contribution >= 0.6 is 0 Å². The van der Waals surface area contributed by atoms with Gasteiger partial charge in [0.1, 0.15) is 5.82 Å². The van der Waals surface area contributed by atoms with Crippen molar-refractivity contribution in [1.29, 1.82) is 0 Å². The number of rotatable bonds is 4. The SMILES string of the molecule is O=C(Nc1ccc(F)c(CO)c1)c1ccc2c(c1)CN(C(=O)c1ccc3[nH]c(=O)oc3c1)CC2. The predicted molar refractivity (Wildman–Crippen MR) is 122 cm³/mol. The van der Waals surface area contributed by atoms with Crippen molar-refractivity contribution >= 4 is 28.6 Å². The molecular weight excluding hydrogens is 441 g/mol. The number of carbonyl (C=O) groups is 2. The molecule has 0 spiro atoms. The number of halogens is 1. The number of aromatic nitrogens is 1. The Morgan fingerprint density at radius 3 is 2.71 bits per heavy atom.